The molecular weight excluding hydrogens is 264 g/mol. The van der Waals surface area contributed by atoms with Gasteiger partial charge in [0, 0.05) is 6.42 Å². The van der Waals surface area contributed by atoms with Gasteiger partial charge in [-0.25, -0.2) is 0 Å². The molecule has 0 aliphatic heterocycles. The number of carbonyl (C=O) groups is 1. The van der Waals surface area contributed by atoms with Crippen LogP contribution < -0.4 is 9.47 Å². The minimum atomic E-state index is 0.0730. The van der Waals surface area contributed by atoms with E-state index in [9.17, 15) is 4.79 Å². The highest BCUT2D eigenvalue weighted by Gasteiger charge is 2.29. The van der Waals surface area contributed by atoms with Gasteiger partial charge in [0.25, 0.3) is 0 Å². The quantitative estimate of drug-likeness (QED) is 0.786. The van der Waals surface area contributed by atoms with E-state index in [4.69, 9.17) is 9.47 Å². The molecule has 0 radical (unpaired) electrons. The van der Waals surface area contributed by atoms with Gasteiger partial charge in [-0.1, -0.05) is 30.3 Å². The Morgan fingerprint density at radius 3 is 2.33 bits per heavy atom. The number of methoxy groups -OCH3 is 2. The van der Waals surface area contributed by atoms with Crippen LogP contribution in [0.4, 0.5) is 0 Å². The van der Waals surface area contributed by atoms with Crippen molar-refractivity contribution in [1.29, 1.82) is 0 Å². The number of benzene rings is 2. The highest BCUT2D eigenvalue weighted by Crippen LogP contribution is 2.39. The van der Waals surface area contributed by atoms with E-state index in [-0.39, 0.29) is 5.78 Å². The molecule has 0 N–H and O–H groups in total. The van der Waals surface area contributed by atoms with Gasteiger partial charge in [-0.2, -0.15) is 0 Å². The molecule has 1 aliphatic rings. The van der Waals surface area contributed by atoms with Crippen molar-refractivity contribution in [3.63, 3.8) is 0 Å². The first-order valence-corrected chi connectivity index (χ1v) is 7.06. The van der Waals surface area contributed by atoms with E-state index in [1.54, 1.807) is 26.4 Å². The molecule has 0 fully saturated rings. The van der Waals surface area contributed by atoms with Gasteiger partial charge in [0.2, 0.25) is 0 Å². The number of carbonyl (C=O) groups excluding carboxylic acids is 1. The smallest absolute Gasteiger partial charge is 0.170 e. The minimum absolute atomic E-state index is 0.0730. The van der Waals surface area contributed by atoms with E-state index >= 15 is 0 Å². The fourth-order valence-electron chi connectivity index (χ4n) is 3.00. The summed E-state index contributed by atoms with van der Waals surface area (Å²) in [5.74, 6) is 1.53. The third-order valence-electron chi connectivity index (χ3n) is 4.10. The predicted molar refractivity (Wildman–Crippen MR) is 81.4 cm³/mol. The van der Waals surface area contributed by atoms with Crippen LogP contribution in [0.3, 0.4) is 0 Å². The molecule has 1 atom stereocenters. The van der Waals surface area contributed by atoms with Gasteiger partial charge >= 0.3 is 0 Å². The lowest BCUT2D eigenvalue weighted by Gasteiger charge is -2.29. The molecule has 3 heteroatoms. The fourth-order valence-corrected chi connectivity index (χ4v) is 3.00. The van der Waals surface area contributed by atoms with Crippen LogP contribution in [-0.2, 0) is 6.42 Å². The molecule has 2 aromatic rings. The van der Waals surface area contributed by atoms with Gasteiger partial charge in [0.15, 0.2) is 5.78 Å². The summed E-state index contributed by atoms with van der Waals surface area (Å²) in [6.45, 7) is 0. The monoisotopic (exact) mass is 282 g/mol. The summed E-state index contributed by atoms with van der Waals surface area (Å²) >= 11 is 0. The average molecular weight is 282 g/mol. The Morgan fingerprint density at radius 1 is 1.05 bits per heavy atom. The summed E-state index contributed by atoms with van der Waals surface area (Å²) in [6.07, 6.45) is 1.47. The second kappa shape index (κ2) is 5.60. The number of ether oxygens (including phenoxy) is 2. The molecule has 1 aliphatic carbocycles. The molecule has 0 bridgehead atoms. The lowest BCUT2D eigenvalue weighted by atomic mass is 9.74. The maximum atomic E-state index is 12.7. The molecule has 0 saturated heterocycles. The normalized spacial score (nSPS) is 15.8. The summed E-state index contributed by atoms with van der Waals surface area (Å²) in [7, 11) is 3.15. The standard InChI is InChI=1S/C18H18O3/c1-20-16-8-5-9-17(21-2)18(16)15(19)11-13-10-12-6-3-4-7-14(12)13/h3-9,13H,10-11H2,1-2H3. The Labute approximate surface area is 124 Å². The van der Waals surface area contributed by atoms with Gasteiger partial charge in [0.1, 0.15) is 17.1 Å². The highest BCUT2D eigenvalue weighted by molar-refractivity contribution is 6.01. The Morgan fingerprint density at radius 2 is 1.71 bits per heavy atom. The van der Waals surface area contributed by atoms with Crippen molar-refractivity contribution in [1.82, 2.24) is 0 Å². The Hall–Kier alpha value is -2.29. The minimum Gasteiger partial charge on any atom is -0.496 e. The molecule has 0 spiro atoms. The van der Waals surface area contributed by atoms with Gasteiger partial charge in [-0.15, -0.1) is 0 Å². The van der Waals surface area contributed by atoms with Crippen LogP contribution >= 0.6 is 0 Å². The lowest BCUT2D eigenvalue weighted by molar-refractivity contribution is 0.0964. The summed E-state index contributed by atoms with van der Waals surface area (Å²) < 4.78 is 10.6. The number of Topliss-reactive ketones (excluding diaryl/α,β-unsaturated/α-hetero) is 1. The van der Waals surface area contributed by atoms with Crippen LogP contribution in [0.1, 0.15) is 33.8 Å². The van der Waals surface area contributed by atoms with Crippen molar-refractivity contribution >= 4 is 5.78 Å². The van der Waals surface area contributed by atoms with Crippen molar-refractivity contribution in [2.75, 3.05) is 14.2 Å². The zero-order chi connectivity index (χ0) is 14.8. The van der Waals surface area contributed by atoms with Gasteiger partial charge in [-0.3, -0.25) is 4.79 Å². The molecule has 1 unspecified atom stereocenters. The largest absolute Gasteiger partial charge is 0.496 e. The SMILES string of the molecule is COc1cccc(OC)c1C(=O)CC1Cc2ccccc21. The van der Waals surface area contributed by atoms with E-state index in [2.05, 4.69) is 12.1 Å². The van der Waals surface area contributed by atoms with Crippen molar-refractivity contribution in [2.45, 2.75) is 18.8 Å². The van der Waals surface area contributed by atoms with Crippen molar-refractivity contribution in [2.24, 2.45) is 0 Å². The van der Waals surface area contributed by atoms with Crippen LogP contribution in [0, 0.1) is 0 Å². The van der Waals surface area contributed by atoms with E-state index < -0.39 is 0 Å². The zero-order valence-electron chi connectivity index (χ0n) is 12.3. The first-order chi connectivity index (χ1) is 10.2. The van der Waals surface area contributed by atoms with Crippen LogP contribution in [-0.4, -0.2) is 20.0 Å². The molecule has 0 aromatic heterocycles. The van der Waals surface area contributed by atoms with E-state index in [1.807, 2.05) is 18.2 Å². The predicted octanol–water partition coefficient (Wildman–Crippen LogP) is 3.62. The maximum Gasteiger partial charge on any atom is 0.170 e. The van der Waals surface area contributed by atoms with Crippen LogP contribution in [0.15, 0.2) is 42.5 Å². The Balaban J connectivity index is 1.84. The lowest BCUT2D eigenvalue weighted by Crippen LogP contribution is -2.20. The number of rotatable bonds is 5. The first kappa shape index (κ1) is 13.7. The molecular formula is C18H18O3. The van der Waals surface area contributed by atoms with Gasteiger partial charge in [0.05, 0.1) is 14.2 Å². The third kappa shape index (κ3) is 2.40. The highest BCUT2D eigenvalue weighted by atomic mass is 16.5. The van der Waals surface area contributed by atoms with Crippen molar-refractivity contribution in [3.8, 4) is 11.5 Å². The maximum absolute atomic E-state index is 12.7. The summed E-state index contributed by atoms with van der Waals surface area (Å²) in [5, 5.41) is 0. The number of ketones is 1. The van der Waals surface area contributed by atoms with E-state index in [1.165, 1.54) is 11.1 Å². The first-order valence-electron chi connectivity index (χ1n) is 7.06. The van der Waals surface area contributed by atoms with E-state index in [0.29, 0.717) is 29.4 Å². The molecule has 0 amide bonds. The Kier molecular flexibility index (Phi) is 3.65. The van der Waals surface area contributed by atoms with Crippen LogP contribution in [0.25, 0.3) is 0 Å². The Bertz CT molecular complexity index is 654. The molecule has 21 heavy (non-hydrogen) atoms. The van der Waals surface area contributed by atoms with Gasteiger partial charge < -0.3 is 9.47 Å². The number of fused-ring (bicyclic) bond motifs is 1. The van der Waals surface area contributed by atoms with Crippen molar-refractivity contribution in [3.05, 3.63) is 59.2 Å². The molecule has 0 heterocycles. The van der Waals surface area contributed by atoms with Gasteiger partial charge in [-0.05, 0) is 35.6 Å². The summed E-state index contributed by atoms with van der Waals surface area (Å²) in [5.41, 5.74) is 3.19. The molecule has 108 valence electrons. The second-order valence-corrected chi connectivity index (χ2v) is 5.26. The van der Waals surface area contributed by atoms with Crippen LogP contribution in [0.2, 0.25) is 0 Å². The zero-order valence-corrected chi connectivity index (χ0v) is 12.3. The summed E-state index contributed by atoms with van der Waals surface area (Å²) in [6, 6.07) is 13.7. The molecule has 0 saturated carbocycles. The van der Waals surface area contributed by atoms with Crippen LogP contribution in [0.5, 0.6) is 11.5 Å². The second-order valence-electron chi connectivity index (χ2n) is 5.26. The van der Waals surface area contributed by atoms with E-state index in [0.717, 1.165) is 6.42 Å². The topological polar surface area (TPSA) is 35.5 Å². The van der Waals surface area contributed by atoms with Crippen molar-refractivity contribution < 1.29 is 14.3 Å². The average Bonchev–Trinajstić information content (AvgIpc) is 2.51. The fraction of sp³-hybridized carbons (Fsp3) is 0.278. The molecule has 3 rings (SSSR count). The molecule has 2 aromatic carbocycles. The number of hydrogen-bond donors (Lipinski definition) is 0. The third-order valence-corrected chi connectivity index (χ3v) is 4.10. The molecule has 3 nitrogen and oxygen atoms in total. The number of hydrogen-bond acceptors (Lipinski definition) is 3. The summed E-state index contributed by atoms with van der Waals surface area (Å²) in [4.78, 5) is 12.7.